The molecule has 0 fully saturated rings. The number of rotatable bonds is 4. The fraction of sp³-hybridized carbons (Fsp3) is 0.444. The summed E-state index contributed by atoms with van der Waals surface area (Å²) >= 11 is 1.55. The first-order chi connectivity index (χ1) is 6.19. The topological polar surface area (TPSA) is 48.1 Å². The molecule has 13 heavy (non-hydrogen) atoms. The summed E-state index contributed by atoms with van der Waals surface area (Å²) in [5.41, 5.74) is 6.43. The predicted octanol–water partition coefficient (Wildman–Crippen LogP) is 1.92. The van der Waals surface area contributed by atoms with Crippen LogP contribution in [0, 0.1) is 6.92 Å². The maximum absolute atomic E-state index is 5.48. The molecule has 4 heteroatoms. The molecule has 0 saturated heterocycles. The second-order valence-corrected chi connectivity index (χ2v) is 3.67. The van der Waals surface area contributed by atoms with Crippen LogP contribution in [0.3, 0.4) is 0 Å². The Morgan fingerprint density at radius 1 is 1.69 bits per heavy atom. The molecule has 0 bridgehead atoms. The van der Waals surface area contributed by atoms with Gasteiger partial charge in [0.15, 0.2) is 0 Å². The Balaban J connectivity index is 2.87. The van der Waals surface area contributed by atoms with Crippen molar-refractivity contribution >= 4 is 17.1 Å². The Bertz CT molecular complexity index is 307. The van der Waals surface area contributed by atoms with Crippen LogP contribution in [0.1, 0.15) is 22.5 Å². The van der Waals surface area contributed by atoms with Gasteiger partial charge in [-0.3, -0.25) is 0 Å². The fourth-order valence-corrected chi connectivity index (χ4v) is 1.91. The highest BCUT2D eigenvalue weighted by Crippen LogP contribution is 2.25. The summed E-state index contributed by atoms with van der Waals surface area (Å²) in [6.07, 6.45) is 0. The average Bonchev–Trinajstić information content (AvgIpc) is 2.47. The number of hydrogen-bond acceptors (Lipinski definition) is 4. The van der Waals surface area contributed by atoms with E-state index >= 15 is 0 Å². The third-order valence-corrected chi connectivity index (χ3v) is 2.81. The van der Waals surface area contributed by atoms with Crippen molar-refractivity contribution in [2.24, 2.45) is 5.73 Å². The normalized spacial score (nSPS) is 10.1. The Hall–Kier alpha value is -0.870. The highest BCUT2D eigenvalue weighted by atomic mass is 32.1. The van der Waals surface area contributed by atoms with E-state index in [4.69, 9.17) is 10.5 Å². The minimum atomic E-state index is 0.477. The summed E-state index contributed by atoms with van der Waals surface area (Å²) in [4.78, 5) is 5.29. The molecule has 0 atom stereocenters. The van der Waals surface area contributed by atoms with Gasteiger partial charge in [0, 0.05) is 6.54 Å². The monoisotopic (exact) mass is 198 g/mol. The van der Waals surface area contributed by atoms with E-state index in [1.165, 1.54) is 0 Å². The second kappa shape index (κ2) is 4.39. The molecule has 72 valence electrons. The zero-order valence-electron chi connectivity index (χ0n) is 7.96. The quantitative estimate of drug-likeness (QED) is 0.752. The molecular weight excluding hydrogens is 184 g/mol. The van der Waals surface area contributed by atoms with E-state index in [0.717, 1.165) is 15.6 Å². The lowest BCUT2D eigenvalue weighted by Crippen LogP contribution is -1.94. The van der Waals surface area contributed by atoms with Crippen LogP contribution in [0.4, 0.5) is 0 Å². The molecule has 1 rings (SSSR count). The molecule has 0 aliphatic heterocycles. The lowest BCUT2D eigenvalue weighted by atomic mass is 10.3. The largest absolute Gasteiger partial charge is 0.493 e. The van der Waals surface area contributed by atoms with Gasteiger partial charge in [0.2, 0.25) is 0 Å². The van der Waals surface area contributed by atoms with Gasteiger partial charge in [-0.15, -0.1) is 11.3 Å². The van der Waals surface area contributed by atoms with Crippen molar-refractivity contribution in [3.63, 3.8) is 0 Å². The lowest BCUT2D eigenvalue weighted by Gasteiger charge is -2.03. The number of aryl methyl sites for hydroxylation is 1. The first-order valence-corrected chi connectivity index (χ1v) is 4.99. The van der Waals surface area contributed by atoms with Crippen LogP contribution in [0.2, 0.25) is 0 Å². The molecule has 1 aromatic heterocycles. The highest BCUT2D eigenvalue weighted by molar-refractivity contribution is 7.12. The van der Waals surface area contributed by atoms with Crippen molar-refractivity contribution in [3.8, 4) is 0 Å². The van der Waals surface area contributed by atoms with Crippen LogP contribution >= 0.6 is 11.3 Å². The molecule has 3 nitrogen and oxygen atoms in total. The number of thiazole rings is 1. The number of nitrogens with two attached hydrogens (primary N) is 1. The van der Waals surface area contributed by atoms with Gasteiger partial charge in [-0.1, -0.05) is 6.58 Å². The summed E-state index contributed by atoms with van der Waals surface area (Å²) in [6, 6.07) is 0. The van der Waals surface area contributed by atoms with Crippen LogP contribution in [0.25, 0.3) is 5.76 Å². The van der Waals surface area contributed by atoms with E-state index in [2.05, 4.69) is 11.6 Å². The molecule has 0 saturated carbocycles. The summed E-state index contributed by atoms with van der Waals surface area (Å²) in [5.74, 6) is 0.692. The Kier molecular flexibility index (Phi) is 3.45. The van der Waals surface area contributed by atoms with Gasteiger partial charge in [0.05, 0.1) is 17.2 Å². The van der Waals surface area contributed by atoms with Gasteiger partial charge in [0.25, 0.3) is 0 Å². The molecule has 0 unspecified atom stereocenters. The van der Waals surface area contributed by atoms with Crippen molar-refractivity contribution in [1.82, 2.24) is 4.98 Å². The van der Waals surface area contributed by atoms with Crippen molar-refractivity contribution in [2.75, 3.05) is 6.61 Å². The number of nitrogens with zero attached hydrogens (tertiary/aromatic N) is 1. The molecule has 2 N–H and O–H groups in total. The zero-order valence-corrected chi connectivity index (χ0v) is 8.78. The summed E-state index contributed by atoms with van der Waals surface area (Å²) in [6.45, 7) is 8.82. The SMILES string of the molecule is C=C(OCC)c1sc(CN)nc1C. The third-order valence-electron chi connectivity index (χ3n) is 1.59. The Labute approximate surface area is 82.2 Å². The zero-order chi connectivity index (χ0) is 9.84. The van der Waals surface area contributed by atoms with Crippen LogP contribution in [-0.4, -0.2) is 11.6 Å². The maximum Gasteiger partial charge on any atom is 0.131 e. The molecule has 1 heterocycles. The van der Waals surface area contributed by atoms with Gasteiger partial charge in [-0.25, -0.2) is 4.98 Å². The van der Waals surface area contributed by atoms with Gasteiger partial charge >= 0.3 is 0 Å². The molecule has 0 aromatic carbocycles. The van der Waals surface area contributed by atoms with Crippen molar-refractivity contribution in [1.29, 1.82) is 0 Å². The highest BCUT2D eigenvalue weighted by Gasteiger charge is 2.09. The van der Waals surface area contributed by atoms with Gasteiger partial charge in [-0.2, -0.15) is 0 Å². The smallest absolute Gasteiger partial charge is 0.131 e. The number of aromatic nitrogens is 1. The van der Waals surface area contributed by atoms with E-state index in [1.807, 2.05) is 13.8 Å². The van der Waals surface area contributed by atoms with Crippen LogP contribution < -0.4 is 5.73 Å². The van der Waals surface area contributed by atoms with Crippen LogP contribution in [-0.2, 0) is 11.3 Å². The fourth-order valence-electron chi connectivity index (χ4n) is 1.04. The molecule has 1 aromatic rings. The van der Waals surface area contributed by atoms with E-state index in [-0.39, 0.29) is 0 Å². The van der Waals surface area contributed by atoms with E-state index in [9.17, 15) is 0 Å². The first kappa shape index (κ1) is 10.2. The van der Waals surface area contributed by atoms with Crippen LogP contribution in [0.15, 0.2) is 6.58 Å². The molecular formula is C9H14N2OS. The standard InChI is InChI=1S/C9H14N2OS/c1-4-12-7(3)9-6(2)11-8(5-10)13-9/h3-5,10H2,1-2H3. The molecule has 0 amide bonds. The minimum Gasteiger partial charge on any atom is -0.493 e. The van der Waals surface area contributed by atoms with Gasteiger partial charge in [-0.05, 0) is 13.8 Å². The molecule has 0 aliphatic rings. The Morgan fingerprint density at radius 3 is 2.85 bits per heavy atom. The van der Waals surface area contributed by atoms with Crippen molar-refractivity contribution in [2.45, 2.75) is 20.4 Å². The molecule has 0 aliphatic carbocycles. The third kappa shape index (κ3) is 2.29. The predicted molar refractivity (Wildman–Crippen MR) is 55.4 cm³/mol. The van der Waals surface area contributed by atoms with Crippen molar-refractivity contribution < 1.29 is 4.74 Å². The first-order valence-electron chi connectivity index (χ1n) is 4.17. The van der Waals surface area contributed by atoms with Crippen LogP contribution in [0.5, 0.6) is 0 Å². The average molecular weight is 198 g/mol. The van der Waals surface area contributed by atoms with Crippen molar-refractivity contribution in [3.05, 3.63) is 22.2 Å². The van der Waals surface area contributed by atoms with E-state index < -0.39 is 0 Å². The number of hydrogen-bond donors (Lipinski definition) is 1. The maximum atomic E-state index is 5.48. The molecule has 0 spiro atoms. The molecule has 0 radical (unpaired) electrons. The second-order valence-electron chi connectivity index (χ2n) is 2.58. The van der Waals surface area contributed by atoms with E-state index in [0.29, 0.717) is 18.9 Å². The summed E-state index contributed by atoms with van der Waals surface area (Å²) < 4.78 is 5.30. The van der Waals surface area contributed by atoms with Gasteiger partial charge in [0.1, 0.15) is 10.8 Å². The lowest BCUT2D eigenvalue weighted by molar-refractivity contribution is 0.300. The van der Waals surface area contributed by atoms with Gasteiger partial charge < -0.3 is 10.5 Å². The summed E-state index contributed by atoms with van der Waals surface area (Å²) in [7, 11) is 0. The summed E-state index contributed by atoms with van der Waals surface area (Å²) in [5, 5.41) is 0.924. The Morgan fingerprint density at radius 2 is 2.38 bits per heavy atom. The minimum absolute atomic E-state index is 0.477. The number of ether oxygens (including phenoxy) is 1. The van der Waals surface area contributed by atoms with E-state index in [1.54, 1.807) is 11.3 Å².